The first-order valence-corrected chi connectivity index (χ1v) is 13.2. The van der Waals surface area contributed by atoms with E-state index in [1.54, 1.807) is 11.8 Å². The van der Waals surface area contributed by atoms with Crippen molar-refractivity contribution >= 4 is 11.6 Å². The van der Waals surface area contributed by atoms with Gasteiger partial charge in [0.1, 0.15) is 0 Å². The standard InChI is InChI=1S/C24H32F6N4O.C2H5NO2/c1-18(8-10-23(25,26)27)31-20-9-12-34(17-20)22(35)3-2-11-32-13-15-33(16-14-32)21-6-4-19(5-7-21)24(28,29)30;1-2-3(4)5/h4-8,20,31H,2-3,9-17H2,1H3;2H2,1H3/b18-8+;/t20-;/m1./s1. The van der Waals surface area contributed by atoms with E-state index in [-0.39, 0.29) is 23.4 Å². The number of anilines is 1. The zero-order valence-corrected chi connectivity index (χ0v) is 22.7. The molecule has 2 aliphatic heterocycles. The zero-order valence-electron chi connectivity index (χ0n) is 22.7. The lowest BCUT2D eigenvalue weighted by Gasteiger charge is -2.36. The third kappa shape index (κ3) is 12.0. The summed E-state index contributed by atoms with van der Waals surface area (Å²) in [5.41, 5.74) is 0.586. The average Bonchev–Trinajstić information content (AvgIpc) is 3.36. The predicted octanol–water partition coefficient (Wildman–Crippen LogP) is 4.94. The second-order valence-electron chi connectivity index (χ2n) is 9.80. The Morgan fingerprint density at radius 2 is 1.68 bits per heavy atom. The smallest absolute Gasteiger partial charge is 0.384 e. The number of carbonyl (C=O) groups is 1. The van der Waals surface area contributed by atoms with Crippen LogP contribution in [0.2, 0.25) is 0 Å². The normalized spacial score (nSPS) is 18.8. The van der Waals surface area contributed by atoms with E-state index in [9.17, 15) is 41.3 Å². The molecule has 1 aromatic rings. The Kier molecular flexibility index (Phi) is 12.5. The van der Waals surface area contributed by atoms with Gasteiger partial charge in [-0.1, -0.05) is 6.08 Å². The number of alkyl halides is 6. The molecule has 0 bridgehead atoms. The number of hydrogen-bond donors (Lipinski definition) is 1. The molecule has 0 spiro atoms. The van der Waals surface area contributed by atoms with Crippen molar-refractivity contribution in [1.82, 2.24) is 15.1 Å². The van der Waals surface area contributed by atoms with Crippen molar-refractivity contribution in [1.29, 1.82) is 0 Å². The van der Waals surface area contributed by atoms with E-state index >= 15 is 0 Å². The fourth-order valence-electron chi connectivity index (χ4n) is 4.46. The van der Waals surface area contributed by atoms with Crippen molar-refractivity contribution < 1.29 is 36.1 Å². The van der Waals surface area contributed by atoms with Crippen molar-refractivity contribution in [2.45, 2.75) is 57.9 Å². The number of nitrogens with one attached hydrogen (secondary N) is 1. The first kappa shape index (κ1) is 33.2. The number of carbonyl (C=O) groups excluding carboxylic acids is 1. The van der Waals surface area contributed by atoms with E-state index in [0.717, 1.165) is 43.5 Å². The van der Waals surface area contributed by atoms with E-state index in [4.69, 9.17) is 0 Å². The highest BCUT2D eigenvalue weighted by atomic mass is 19.4. The maximum atomic E-state index is 12.7. The third-order valence-electron chi connectivity index (χ3n) is 6.67. The van der Waals surface area contributed by atoms with Crippen LogP contribution in [0.5, 0.6) is 0 Å². The Morgan fingerprint density at radius 1 is 1.07 bits per heavy atom. The Bertz CT molecular complexity index is 977. The Balaban J connectivity index is 0.00000103. The van der Waals surface area contributed by atoms with Crippen LogP contribution >= 0.6 is 0 Å². The lowest BCUT2D eigenvalue weighted by atomic mass is 10.1. The molecule has 2 heterocycles. The Morgan fingerprint density at radius 3 is 2.20 bits per heavy atom. The number of halogens is 6. The van der Waals surface area contributed by atoms with Gasteiger partial charge in [0, 0.05) is 75.0 Å². The van der Waals surface area contributed by atoms with Crippen LogP contribution in [-0.4, -0.2) is 85.2 Å². The lowest BCUT2D eigenvalue weighted by Crippen LogP contribution is -2.46. The quantitative estimate of drug-likeness (QED) is 0.253. The molecule has 2 aliphatic rings. The number of nitrogens with zero attached hydrogens (tertiary/aromatic N) is 4. The van der Waals surface area contributed by atoms with Gasteiger partial charge in [-0.15, -0.1) is 0 Å². The van der Waals surface area contributed by atoms with Gasteiger partial charge in [-0.3, -0.25) is 19.8 Å². The fourth-order valence-corrected chi connectivity index (χ4v) is 4.46. The van der Waals surface area contributed by atoms with Gasteiger partial charge in [0.15, 0.2) is 0 Å². The number of piperazine rings is 1. The molecular weight excluding hydrogens is 544 g/mol. The largest absolute Gasteiger partial charge is 0.416 e. The summed E-state index contributed by atoms with van der Waals surface area (Å²) < 4.78 is 75.2. The molecule has 0 saturated carbocycles. The number of rotatable bonds is 9. The van der Waals surface area contributed by atoms with Crippen molar-refractivity contribution in [3.8, 4) is 0 Å². The molecule has 0 radical (unpaired) electrons. The third-order valence-corrected chi connectivity index (χ3v) is 6.67. The van der Waals surface area contributed by atoms with Crippen molar-refractivity contribution in [2.24, 2.45) is 0 Å². The predicted molar refractivity (Wildman–Crippen MR) is 139 cm³/mol. The van der Waals surface area contributed by atoms with Crippen LogP contribution in [-0.2, 0) is 11.0 Å². The minimum atomic E-state index is -4.34. The van der Waals surface area contributed by atoms with Gasteiger partial charge in [0.05, 0.1) is 12.0 Å². The first-order valence-electron chi connectivity index (χ1n) is 13.2. The fraction of sp³-hybridized carbons (Fsp3) is 0.654. The number of benzene rings is 1. The molecule has 1 atom stereocenters. The van der Waals surface area contributed by atoms with Crippen LogP contribution in [0.3, 0.4) is 0 Å². The summed E-state index contributed by atoms with van der Waals surface area (Å²) in [5, 5.41) is 12.2. The van der Waals surface area contributed by atoms with E-state index in [0.29, 0.717) is 51.1 Å². The summed E-state index contributed by atoms with van der Waals surface area (Å²) in [6.07, 6.45) is -6.59. The Labute approximate surface area is 230 Å². The van der Waals surface area contributed by atoms with Crippen LogP contribution in [0.25, 0.3) is 0 Å². The minimum absolute atomic E-state index is 0.0278. The molecule has 0 aromatic heterocycles. The molecule has 2 fully saturated rings. The monoisotopic (exact) mass is 581 g/mol. The number of allylic oxidation sites excluding steroid dienone is 2. The second-order valence-corrected chi connectivity index (χ2v) is 9.80. The summed E-state index contributed by atoms with van der Waals surface area (Å²) in [6, 6.07) is 5.17. The Hall–Kier alpha value is -3.03. The van der Waals surface area contributed by atoms with Crippen molar-refractivity contribution in [2.75, 3.05) is 57.3 Å². The molecule has 40 heavy (non-hydrogen) atoms. The maximum Gasteiger partial charge on any atom is 0.416 e. The van der Waals surface area contributed by atoms with Crippen LogP contribution in [0.15, 0.2) is 36.0 Å². The van der Waals surface area contributed by atoms with Crippen molar-refractivity contribution in [3.63, 3.8) is 0 Å². The van der Waals surface area contributed by atoms with E-state index in [1.807, 2.05) is 0 Å². The highest BCUT2D eigenvalue weighted by Gasteiger charge is 2.31. The van der Waals surface area contributed by atoms with E-state index < -0.39 is 24.3 Å². The molecule has 1 amide bonds. The summed E-state index contributed by atoms with van der Waals surface area (Å²) in [5.74, 6) is 0.0506. The summed E-state index contributed by atoms with van der Waals surface area (Å²) in [4.78, 5) is 27.4. The zero-order chi connectivity index (χ0) is 29.9. The van der Waals surface area contributed by atoms with E-state index in [1.165, 1.54) is 19.1 Å². The molecule has 0 aliphatic carbocycles. The van der Waals surface area contributed by atoms with E-state index in [2.05, 4.69) is 15.1 Å². The number of nitro groups is 1. The van der Waals surface area contributed by atoms with Crippen LogP contribution in [0, 0.1) is 10.1 Å². The molecule has 1 N–H and O–H groups in total. The minimum Gasteiger partial charge on any atom is -0.384 e. The van der Waals surface area contributed by atoms with Gasteiger partial charge in [-0.25, -0.2) is 0 Å². The molecule has 1 aromatic carbocycles. The second kappa shape index (κ2) is 15.1. The van der Waals surface area contributed by atoms with Gasteiger partial charge < -0.3 is 15.1 Å². The molecule has 0 unspecified atom stereocenters. The molecule has 2 saturated heterocycles. The highest BCUT2D eigenvalue weighted by Crippen LogP contribution is 2.30. The number of likely N-dealkylation sites (tertiary alicyclic amines) is 1. The van der Waals surface area contributed by atoms with Gasteiger partial charge in [-0.05, 0) is 50.6 Å². The molecule has 226 valence electrons. The molecule has 3 rings (SSSR count). The maximum absolute atomic E-state index is 12.7. The van der Waals surface area contributed by atoms with Crippen molar-refractivity contribution in [3.05, 3.63) is 51.7 Å². The van der Waals surface area contributed by atoms with Gasteiger partial charge >= 0.3 is 12.4 Å². The topological polar surface area (TPSA) is 82.0 Å². The number of hydrogen-bond acceptors (Lipinski definition) is 6. The number of amides is 1. The van der Waals surface area contributed by atoms with Gasteiger partial charge in [0.25, 0.3) is 0 Å². The highest BCUT2D eigenvalue weighted by molar-refractivity contribution is 5.76. The summed E-state index contributed by atoms with van der Waals surface area (Å²) in [7, 11) is 0. The summed E-state index contributed by atoms with van der Waals surface area (Å²) >= 11 is 0. The van der Waals surface area contributed by atoms with Gasteiger partial charge in [0.2, 0.25) is 12.5 Å². The molecule has 14 heteroatoms. The first-order chi connectivity index (χ1) is 18.7. The molecule has 8 nitrogen and oxygen atoms in total. The van der Waals surface area contributed by atoms with Crippen LogP contribution in [0.4, 0.5) is 32.0 Å². The van der Waals surface area contributed by atoms with Crippen LogP contribution < -0.4 is 10.2 Å². The lowest BCUT2D eigenvalue weighted by molar-refractivity contribution is -0.475. The summed E-state index contributed by atoms with van der Waals surface area (Å²) in [6.45, 7) is 7.94. The molecular formula is C26H37F6N5O3. The van der Waals surface area contributed by atoms with Crippen LogP contribution in [0.1, 0.15) is 45.1 Å². The SMILES string of the molecule is C/C(=C\CC(F)(F)F)N[C@@H]1CCN(C(=O)CCCN2CCN(c3ccc(C(F)(F)F)cc3)CC2)C1.CC[N+](=O)[O-]. The average molecular weight is 582 g/mol. The van der Waals surface area contributed by atoms with Gasteiger partial charge in [-0.2, -0.15) is 26.3 Å².